The van der Waals surface area contributed by atoms with Crippen LogP contribution in [0.5, 0.6) is 0 Å². The molecule has 0 saturated heterocycles. The van der Waals surface area contributed by atoms with Crippen molar-refractivity contribution in [1.29, 1.82) is 0 Å². The Labute approximate surface area is 127 Å². The Morgan fingerprint density at radius 2 is 2.29 bits per heavy atom. The zero-order chi connectivity index (χ0) is 15.6. The molecular formula is C13H19N5O2S. The number of rotatable bonds is 6. The highest BCUT2D eigenvalue weighted by molar-refractivity contribution is 7.09. The molecule has 0 aliphatic rings. The summed E-state index contributed by atoms with van der Waals surface area (Å²) in [5.41, 5.74) is 0.625. The van der Waals surface area contributed by atoms with Gasteiger partial charge in [-0.25, -0.2) is 9.67 Å². The van der Waals surface area contributed by atoms with E-state index >= 15 is 0 Å². The molecule has 7 nitrogen and oxygen atoms in total. The molecule has 0 spiro atoms. The number of anilines is 1. The smallest absolute Gasteiger partial charge is 0.334 e. The van der Waals surface area contributed by atoms with Gasteiger partial charge in [-0.15, -0.1) is 11.3 Å². The molecule has 0 bridgehead atoms. The Balaban J connectivity index is 2.28. The van der Waals surface area contributed by atoms with Gasteiger partial charge in [0.15, 0.2) is 0 Å². The van der Waals surface area contributed by atoms with Gasteiger partial charge < -0.3 is 4.90 Å². The first-order valence-electron chi connectivity index (χ1n) is 6.76. The number of aromatic nitrogens is 3. The Hall–Kier alpha value is -1.96. The lowest BCUT2D eigenvalue weighted by atomic mass is 10.2. The molecule has 0 aromatic carbocycles. The normalized spacial score (nSPS) is 12.4. The van der Waals surface area contributed by atoms with E-state index in [0.717, 1.165) is 5.01 Å². The highest BCUT2D eigenvalue weighted by Gasteiger charge is 2.29. The SMILES string of the molecule is CCc1nn(C)c(N(C)CC(C)c2nccs2)c1[N+](=O)[O-]. The second-order valence-electron chi connectivity index (χ2n) is 5.01. The predicted octanol–water partition coefficient (Wildman–Crippen LogP) is 2.59. The van der Waals surface area contributed by atoms with Crippen molar-refractivity contribution in [3.63, 3.8) is 0 Å². The number of nitro groups is 1. The van der Waals surface area contributed by atoms with Crippen molar-refractivity contribution in [3.05, 3.63) is 32.4 Å². The zero-order valence-electron chi connectivity index (χ0n) is 12.6. The standard InChI is InChI=1S/C13H19N5O2S/c1-5-10-11(18(19)20)13(17(4)15-10)16(3)8-9(2)12-14-6-7-21-12/h6-7,9H,5,8H2,1-4H3. The fraction of sp³-hybridized carbons (Fsp3) is 0.538. The summed E-state index contributed by atoms with van der Waals surface area (Å²) in [5.74, 6) is 0.745. The monoisotopic (exact) mass is 309 g/mol. The summed E-state index contributed by atoms with van der Waals surface area (Å²) >= 11 is 1.60. The average Bonchev–Trinajstić information content (AvgIpc) is 3.04. The summed E-state index contributed by atoms with van der Waals surface area (Å²) in [7, 11) is 3.60. The molecule has 2 heterocycles. The molecule has 21 heavy (non-hydrogen) atoms. The van der Waals surface area contributed by atoms with Crippen LogP contribution in [0.2, 0.25) is 0 Å². The molecule has 0 amide bonds. The quantitative estimate of drug-likeness (QED) is 0.605. The Morgan fingerprint density at radius 3 is 2.81 bits per heavy atom. The van der Waals surface area contributed by atoms with E-state index in [1.807, 2.05) is 24.3 Å². The van der Waals surface area contributed by atoms with Crippen molar-refractivity contribution >= 4 is 22.8 Å². The largest absolute Gasteiger partial charge is 0.353 e. The summed E-state index contributed by atoms with van der Waals surface area (Å²) in [4.78, 5) is 17.2. The summed E-state index contributed by atoms with van der Waals surface area (Å²) in [6, 6.07) is 0. The molecule has 2 aromatic heterocycles. The number of aryl methyl sites for hydroxylation is 2. The first kappa shape index (κ1) is 15.4. The van der Waals surface area contributed by atoms with Crippen molar-refractivity contribution in [1.82, 2.24) is 14.8 Å². The van der Waals surface area contributed by atoms with Crippen molar-refractivity contribution < 1.29 is 4.92 Å². The molecule has 0 fully saturated rings. The lowest BCUT2D eigenvalue weighted by molar-refractivity contribution is -0.384. The van der Waals surface area contributed by atoms with Crippen LogP contribution >= 0.6 is 11.3 Å². The van der Waals surface area contributed by atoms with Gasteiger partial charge in [-0.05, 0) is 6.42 Å². The van der Waals surface area contributed by atoms with E-state index in [4.69, 9.17) is 0 Å². The van der Waals surface area contributed by atoms with E-state index < -0.39 is 0 Å². The third kappa shape index (κ3) is 3.05. The lowest BCUT2D eigenvalue weighted by Gasteiger charge is -2.21. The van der Waals surface area contributed by atoms with Crippen LogP contribution in [-0.2, 0) is 13.5 Å². The molecular weight excluding hydrogens is 290 g/mol. The van der Waals surface area contributed by atoms with Crippen LogP contribution in [-0.4, -0.2) is 33.3 Å². The number of likely N-dealkylation sites (N-methyl/N-ethyl adjacent to an activating group) is 1. The molecule has 0 saturated carbocycles. The molecule has 2 aromatic rings. The summed E-state index contributed by atoms with van der Waals surface area (Å²) in [6.07, 6.45) is 2.32. The minimum Gasteiger partial charge on any atom is -0.353 e. The van der Waals surface area contributed by atoms with Crippen molar-refractivity contribution in [2.24, 2.45) is 7.05 Å². The Morgan fingerprint density at radius 1 is 1.57 bits per heavy atom. The Kier molecular flexibility index (Phi) is 4.56. The fourth-order valence-corrected chi connectivity index (χ4v) is 3.15. The van der Waals surface area contributed by atoms with E-state index in [1.54, 1.807) is 29.3 Å². The van der Waals surface area contributed by atoms with E-state index in [9.17, 15) is 10.1 Å². The number of thiazole rings is 1. The van der Waals surface area contributed by atoms with E-state index in [-0.39, 0.29) is 16.5 Å². The highest BCUT2D eigenvalue weighted by atomic mass is 32.1. The average molecular weight is 309 g/mol. The van der Waals surface area contributed by atoms with Gasteiger partial charge in [0.2, 0.25) is 5.82 Å². The number of hydrogen-bond donors (Lipinski definition) is 0. The first-order valence-corrected chi connectivity index (χ1v) is 7.64. The van der Waals surface area contributed by atoms with Gasteiger partial charge in [-0.1, -0.05) is 13.8 Å². The summed E-state index contributed by atoms with van der Waals surface area (Å²) in [6.45, 7) is 4.59. The van der Waals surface area contributed by atoms with Gasteiger partial charge in [0.1, 0.15) is 5.69 Å². The fourth-order valence-electron chi connectivity index (χ4n) is 2.46. The third-order valence-electron chi connectivity index (χ3n) is 3.36. The van der Waals surface area contributed by atoms with Crippen molar-refractivity contribution in [2.45, 2.75) is 26.2 Å². The van der Waals surface area contributed by atoms with Crippen LogP contribution in [0.15, 0.2) is 11.6 Å². The van der Waals surface area contributed by atoms with Gasteiger partial charge in [-0.3, -0.25) is 10.1 Å². The second-order valence-corrected chi connectivity index (χ2v) is 5.93. The molecule has 1 unspecified atom stereocenters. The van der Waals surface area contributed by atoms with Gasteiger partial charge in [0, 0.05) is 38.1 Å². The topological polar surface area (TPSA) is 77.1 Å². The van der Waals surface area contributed by atoms with Crippen molar-refractivity contribution in [2.75, 3.05) is 18.5 Å². The first-order chi connectivity index (χ1) is 9.95. The maximum Gasteiger partial charge on any atom is 0.334 e. The molecule has 8 heteroatoms. The maximum absolute atomic E-state index is 11.3. The Bertz CT molecular complexity index is 623. The molecule has 0 aliphatic carbocycles. The summed E-state index contributed by atoms with van der Waals surface area (Å²) in [5, 5.41) is 18.6. The zero-order valence-corrected chi connectivity index (χ0v) is 13.4. The van der Waals surface area contributed by atoms with E-state index in [2.05, 4.69) is 17.0 Å². The molecule has 0 N–H and O–H groups in total. The predicted molar refractivity (Wildman–Crippen MR) is 83.0 cm³/mol. The van der Waals surface area contributed by atoms with Gasteiger partial charge in [0.25, 0.3) is 0 Å². The molecule has 1 atom stereocenters. The molecule has 0 aliphatic heterocycles. The highest BCUT2D eigenvalue weighted by Crippen LogP contribution is 2.32. The number of hydrogen-bond acceptors (Lipinski definition) is 6. The minimum absolute atomic E-state index is 0.105. The second kappa shape index (κ2) is 6.21. The van der Waals surface area contributed by atoms with Crippen molar-refractivity contribution in [3.8, 4) is 0 Å². The van der Waals surface area contributed by atoms with E-state index in [1.165, 1.54) is 0 Å². The minimum atomic E-state index is -0.342. The van der Waals surface area contributed by atoms with Crippen LogP contribution in [0.1, 0.15) is 30.5 Å². The maximum atomic E-state index is 11.3. The summed E-state index contributed by atoms with van der Waals surface area (Å²) < 4.78 is 1.59. The third-order valence-corrected chi connectivity index (χ3v) is 4.37. The van der Waals surface area contributed by atoms with Gasteiger partial charge in [0.05, 0.1) is 9.93 Å². The van der Waals surface area contributed by atoms with Crippen LogP contribution in [0, 0.1) is 10.1 Å². The molecule has 0 radical (unpaired) electrons. The van der Waals surface area contributed by atoms with E-state index in [0.29, 0.717) is 24.5 Å². The van der Waals surface area contributed by atoms with Crippen LogP contribution in [0.4, 0.5) is 11.5 Å². The molecule has 114 valence electrons. The number of nitrogens with zero attached hydrogens (tertiary/aromatic N) is 5. The van der Waals surface area contributed by atoms with Gasteiger partial charge >= 0.3 is 5.69 Å². The van der Waals surface area contributed by atoms with Crippen LogP contribution in [0.3, 0.4) is 0 Å². The van der Waals surface area contributed by atoms with Crippen LogP contribution < -0.4 is 4.90 Å². The lowest BCUT2D eigenvalue weighted by Crippen LogP contribution is -2.25. The van der Waals surface area contributed by atoms with Crippen LogP contribution in [0.25, 0.3) is 0 Å². The molecule has 2 rings (SSSR count). The van der Waals surface area contributed by atoms with Gasteiger partial charge in [-0.2, -0.15) is 5.10 Å².